The molecule has 0 amide bonds. The highest BCUT2D eigenvalue weighted by molar-refractivity contribution is 7.16. The first kappa shape index (κ1) is 9.92. The molecule has 2 rings (SSSR count). The van der Waals surface area contributed by atoms with Crippen LogP contribution < -0.4 is 4.87 Å². The Morgan fingerprint density at radius 1 is 1.47 bits per heavy atom. The van der Waals surface area contributed by atoms with Crippen molar-refractivity contribution >= 4 is 27.5 Å². The molecule has 0 spiro atoms. The van der Waals surface area contributed by atoms with Gasteiger partial charge >= 0.3 is 10.8 Å². The van der Waals surface area contributed by atoms with E-state index in [9.17, 15) is 9.59 Å². The molecule has 1 heterocycles. The summed E-state index contributed by atoms with van der Waals surface area (Å²) < 4.78 is 6.84. The predicted octanol–water partition coefficient (Wildman–Crippen LogP) is 1.24. The molecule has 0 aliphatic rings. The van der Waals surface area contributed by atoms with E-state index in [0.717, 1.165) is 21.6 Å². The van der Waals surface area contributed by atoms with Crippen LogP contribution in [-0.4, -0.2) is 17.6 Å². The third kappa shape index (κ3) is 1.78. The van der Waals surface area contributed by atoms with Crippen molar-refractivity contribution in [3.63, 3.8) is 0 Å². The molecule has 78 valence electrons. The number of aromatic nitrogens is 1. The second-order valence-electron chi connectivity index (χ2n) is 3.00. The summed E-state index contributed by atoms with van der Waals surface area (Å²) in [6.07, 6.45) is 0. The molecule has 4 nitrogen and oxygen atoms in total. The summed E-state index contributed by atoms with van der Waals surface area (Å²) in [6, 6.07) is 7.37. The van der Waals surface area contributed by atoms with Gasteiger partial charge in [-0.2, -0.15) is 0 Å². The molecule has 0 unspecified atom stereocenters. The minimum Gasteiger partial charge on any atom is -0.468 e. The molecule has 1 aromatic carbocycles. The van der Waals surface area contributed by atoms with E-state index in [4.69, 9.17) is 0 Å². The second kappa shape index (κ2) is 3.86. The van der Waals surface area contributed by atoms with Gasteiger partial charge in [0.15, 0.2) is 0 Å². The van der Waals surface area contributed by atoms with Gasteiger partial charge in [0.05, 0.1) is 17.3 Å². The number of para-hydroxylation sites is 1. The maximum Gasteiger partial charge on any atom is 0.325 e. The largest absolute Gasteiger partial charge is 0.468 e. The molecule has 0 atom stereocenters. The molecule has 0 radical (unpaired) electrons. The Hall–Kier alpha value is -1.62. The lowest BCUT2D eigenvalue weighted by Crippen LogP contribution is -2.19. The number of nitrogens with zero attached hydrogens (tertiary/aromatic N) is 1. The Balaban J connectivity index is 2.54. The molecule has 0 bridgehead atoms. The second-order valence-corrected chi connectivity index (χ2v) is 3.99. The fourth-order valence-corrected chi connectivity index (χ4v) is 2.25. The topological polar surface area (TPSA) is 48.3 Å². The number of fused-ring (bicyclic) bond motifs is 1. The highest BCUT2D eigenvalue weighted by atomic mass is 32.1. The van der Waals surface area contributed by atoms with Gasteiger partial charge in [0.2, 0.25) is 0 Å². The monoisotopic (exact) mass is 223 g/mol. The maximum atomic E-state index is 11.6. The molecule has 5 heteroatoms. The van der Waals surface area contributed by atoms with Crippen LogP contribution in [0, 0.1) is 0 Å². The van der Waals surface area contributed by atoms with Crippen molar-refractivity contribution in [2.24, 2.45) is 0 Å². The number of rotatable bonds is 2. The average Bonchev–Trinajstić information content (AvgIpc) is 2.55. The van der Waals surface area contributed by atoms with Crippen molar-refractivity contribution < 1.29 is 9.53 Å². The number of hydrogen-bond donors (Lipinski definition) is 0. The molecule has 0 saturated carbocycles. The molecule has 0 N–H and O–H groups in total. The van der Waals surface area contributed by atoms with Crippen LogP contribution in [0.2, 0.25) is 0 Å². The molecular weight excluding hydrogens is 214 g/mol. The first-order valence-corrected chi connectivity index (χ1v) is 5.19. The quantitative estimate of drug-likeness (QED) is 0.719. The Morgan fingerprint density at radius 2 is 2.20 bits per heavy atom. The summed E-state index contributed by atoms with van der Waals surface area (Å²) in [5.74, 6) is -0.416. The van der Waals surface area contributed by atoms with Crippen LogP contribution >= 0.6 is 11.3 Å². The number of carbonyl (C=O) groups is 1. The summed E-state index contributed by atoms with van der Waals surface area (Å²) in [5, 5.41) is 0. The summed E-state index contributed by atoms with van der Waals surface area (Å²) in [5.41, 5.74) is 0.776. The molecular formula is C10H9NO3S. The van der Waals surface area contributed by atoms with E-state index in [1.807, 2.05) is 24.3 Å². The van der Waals surface area contributed by atoms with Crippen molar-refractivity contribution in [3.8, 4) is 0 Å². The van der Waals surface area contributed by atoms with Crippen LogP contribution in [0.3, 0.4) is 0 Å². The first-order valence-electron chi connectivity index (χ1n) is 4.37. The zero-order valence-electron chi connectivity index (χ0n) is 8.10. The number of benzene rings is 1. The van der Waals surface area contributed by atoms with Crippen molar-refractivity contribution in [1.82, 2.24) is 4.57 Å². The van der Waals surface area contributed by atoms with Gasteiger partial charge < -0.3 is 4.74 Å². The minimum atomic E-state index is -0.416. The SMILES string of the molecule is COC(=O)Cn1c(=O)sc2ccccc21. The van der Waals surface area contributed by atoms with E-state index in [-0.39, 0.29) is 11.4 Å². The zero-order valence-corrected chi connectivity index (χ0v) is 8.91. The zero-order chi connectivity index (χ0) is 10.8. The van der Waals surface area contributed by atoms with E-state index in [0.29, 0.717) is 0 Å². The van der Waals surface area contributed by atoms with Gasteiger partial charge in [-0.1, -0.05) is 23.5 Å². The van der Waals surface area contributed by atoms with Gasteiger partial charge in [-0.05, 0) is 12.1 Å². The van der Waals surface area contributed by atoms with Gasteiger partial charge in [0.1, 0.15) is 6.54 Å². The van der Waals surface area contributed by atoms with E-state index >= 15 is 0 Å². The fraction of sp³-hybridized carbons (Fsp3) is 0.200. The number of thiazole rings is 1. The lowest BCUT2D eigenvalue weighted by molar-refractivity contribution is -0.141. The van der Waals surface area contributed by atoms with Gasteiger partial charge in [-0.15, -0.1) is 0 Å². The smallest absolute Gasteiger partial charge is 0.325 e. The average molecular weight is 223 g/mol. The maximum absolute atomic E-state index is 11.6. The van der Waals surface area contributed by atoms with E-state index in [1.54, 1.807) is 0 Å². The van der Waals surface area contributed by atoms with Crippen LogP contribution in [0.1, 0.15) is 0 Å². The van der Waals surface area contributed by atoms with Gasteiger partial charge in [0, 0.05) is 0 Å². The molecule has 0 fully saturated rings. The van der Waals surface area contributed by atoms with Crippen molar-refractivity contribution in [2.45, 2.75) is 6.54 Å². The third-order valence-corrected chi connectivity index (χ3v) is 3.05. The highest BCUT2D eigenvalue weighted by Gasteiger charge is 2.10. The Morgan fingerprint density at radius 3 is 2.93 bits per heavy atom. The van der Waals surface area contributed by atoms with Gasteiger partial charge in [0.25, 0.3) is 0 Å². The van der Waals surface area contributed by atoms with Crippen LogP contribution in [0.5, 0.6) is 0 Å². The Bertz CT molecular complexity index is 555. The Kier molecular flexibility index (Phi) is 2.55. The van der Waals surface area contributed by atoms with Crippen LogP contribution in [0.4, 0.5) is 0 Å². The lowest BCUT2D eigenvalue weighted by atomic mass is 10.3. The predicted molar refractivity (Wildman–Crippen MR) is 58.1 cm³/mol. The number of hydrogen-bond acceptors (Lipinski definition) is 4. The number of ether oxygens (including phenoxy) is 1. The minimum absolute atomic E-state index is 0.0284. The summed E-state index contributed by atoms with van der Waals surface area (Å²) in [7, 11) is 1.31. The van der Waals surface area contributed by atoms with Crippen molar-refractivity contribution in [1.29, 1.82) is 0 Å². The summed E-state index contributed by atoms with van der Waals surface area (Å²) >= 11 is 1.13. The van der Waals surface area contributed by atoms with Gasteiger partial charge in [-0.3, -0.25) is 14.2 Å². The number of carbonyl (C=O) groups excluding carboxylic acids is 1. The third-order valence-electron chi connectivity index (χ3n) is 2.09. The van der Waals surface area contributed by atoms with E-state index in [1.165, 1.54) is 11.7 Å². The van der Waals surface area contributed by atoms with Crippen molar-refractivity contribution in [3.05, 3.63) is 33.9 Å². The fourth-order valence-electron chi connectivity index (χ4n) is 1.36. The molecule has 15 heavy (non-hydrogen) atoms. The van der Waals surface area contributed by atoms with Crippen LogP contribution in [0.25, 0.3) is 10.2 Å². The lowest BCUT2D eigenvalue weighted by Gasteiger charge is -2.00. The van der Waals surface area contributed by atoms with Crippen molar-refractivity contribution in [2.75, 3.05) is 7.11 Å². The standard InChI is InChI=1S/C10H9NO3S/c1-14-9(12)6-11-7-4-2-3-5-8(7)15-10(11)13/h2-5H,6H2,1H3. The Labute approximate surface area is 89.7 Å². The van der Waals surface area contributed by atoms with Crippen LogP contribution in [-0.2, 0) is 16.1 Å². The van der Waals surface area contributed by atoms with Gasteiger partial charge in [-0.25, -0.2) is 0 Å². The first-order chi connectivity index (χ1) is 7.22. The molecule has 0 aliphatic heterocycles. The highest BCUT2D eigenvalue weighted by Crippen LogP contribution is 2.16. The normalized spacial score (nSPS) is 10.5. The molecule has 1 aromatic heterocycles. The van der Waals surface area contributed by atoms with E-state index < -0.39 is 5.97 Å². The van der Waals surface area contributed by atoms with Crippen LogP contribution in [0.15, 0.2) is 29.1 Å². The number of esters is 1. The summed E-state index contributed by atoms with van der Waals surface area (Å²) in [4.78, 5) is 22.5. The summed E-state index contributed by atoms with van der Waals surface area (Å²) in [6.45, 7) is -0.0284. The molecule has 2 aromatic rings. The molecule has 0 saturated heterocycles. The number of methoxy groups -OCH3 is 1. The molecule has 0 aliphatic carbocycles. The van der Waals surface area contributed by atoms with E-state index in [2.05, 4.69) is 4.74 Å².